The summed E-state index contributed by atoms with van der Waals surface area (Å²) >= 11 is 6.11. The molecule has 3 nitrogen and oxygen atoms in total. The SMILES string of the molecule is Nc1ccc(Cl)cc1C1(c2ccccc2)NCCO1. The molecule has 98 valence electrons. The van der Waals surface area contributed by atoms with E-state index in [1.807, 2.05) is 42.5 Å². The number of halogens is 1. The number of nitrogen functional groups attached to an aromatic ring is 1. The molecule has 0 bridgehead atoms. The second-order valence-electron chi connectivity index (χ2n) is 4.55. The number of ether oxygens (including phenoxy) is 1. The van der Waals surface area contributed by atoms with Crippen molar-refractivity contribution in [1.82, 2.24) is 5.32 Å². The van der Waals surface area contributed by atoms with Crippen LogP contribution in [-0.4, -0.2) is 13.2 Å². The van der Waals surface area contributed by atoms with Crippen LogP contribution in [0.1, 0.15) is 11.1 Å². The van der Waals surface area contributed by atoms with Crippen molar-refractivity contribution in [3.8, 4) is 0 Å². The summed E-state index contributed by atoms with van der Waals surface area (Å²) in [5, 5.41) is 4.06. The van der Waals surface area contributed by atoms with Gasteiger partial charge in [0.1, 0.15) is 0 Å². The largest absolute Gasteiger partial charge is 0.398 e. The molecule has 1 aliphatic heterocycles. The second-order valence-corrected chi connectivity index (χ2v) is 4.99. The number of anilines is 1. The van der Waals surface area contributed by atoms with E-state index in [-0.39, 0.29) is 0 Å². The minimum Gasteiger partial charge on any atom is -0.398 e. The highest BCUT2D eigenvalue weighted by Gasteiger charge is 2.40. The van der Waals surface area contributed by atoms with Crippen molar-refractivity contribution in [2.75, 3.05) is 18.9 Å². The van der Waals surface area contributed by atoms with Crippen LogP contribution in [0.2, 0.25) is 5.02 Å². The van der Waals surface area contributed by atoms with Gasteiger partial charge in [-0.3, -0.25) is 5.32 Å². The van der Waals surface area contributed by atoms with Gasteiger partial charge in [0.2, 0.25) is 0 Å². The highest BCUT2D eigenvalue weighted by atomic mass is 35.5. The van der Waals surface area contributed by atoms with E-state index >= 15 is 0 Å². The Bertz CT molecular complexity index is 580. The Labute approximate surface area is 117 Å². The van der Waals surface area contributed by atoms with Gasteiger partial charge in [-0.05, 0) is 18.2 Å². The summed E-state index contributed by atoms with van der Waals surface area (Å²) in [7, 11) is 0. The lowest BCUT2D eigenvalue weighted by molar-refractivity contribution is 0.0230. The van der Waals surface area contributed by atoms with Gasteiger partial charge < -0.3 is 10.5 Å². The quantitative estimate of drug-likeness (QED) is 0.828. The molecule has 0 aliphatic carbocycles. The normalized spacial score (nSPS) is 22.6. The molecule has 4 heteroatoms. The minimum atomic E-state index is -0.698. The number of rotatable bonds is 2. The predicted molar refractivity (Wildman–Crippen MR) is 77.0 cm³/mol. The van der Waals surface area contributed by atoms with Gasteiger partial charge in [-0.25, -0.2) is 0 Å². The number of hydrogen-bond acceptors (Lipinski definition) is 3. The molecule has 0 amide bonds. The van der Waals surface area contributed by atoms with Crippen LogP contribution in [-0.2, 0) is 10.5 Å². The van der Waals surface area contributed by atoms with E-state index in [1.165, 1.54) is 0 Å². The van der Waals surface area contributed by atoms with Gasteiger partial charge >= 0.3 is 0 Å². The number of benzene rings is 2. The predicted octanol–water partition coefficient (Wildman–Crippen LogP) is 2.74. The van der Waals surface area contributed by atoms with Crippen molar-refractivity contribution < 1.29 is 4.74 Å². The zero-order valence-corrected chi connectivity index (χ0v) is 11.2. The first-order valence-corrected chi connectivity index (χ1v) is 6.60. The highest BCUT2D eigenvalue weighted by molar-refractivity contribution is 6.30. The Morgan fingerprint density at radius 3 is 2.63 bits per heavy atom. The number of hydrogen-bond donors (Lipinski definition) is 2. The summed E-state index contributed by atoms with van der Waals surface area (Å²) in [6.45, 7) is 1.42. The first-order valence-electron chi connectivity index (χ1n) is 6.22. The number of nitrogens with one attached hydrogen (secondary N) is 1. The fourth-order valence-electron chi connectivity index (χ4n) is 2.50. The van der Waals surface area contributed by atoms with Crippen molar-refractivity contribution in [2.24, 2.45) is 0 Å². The van der Waals surface area contributed by atoms with Crippen LogP contribution in [0.5, 0.6) is 0 Å². The van der Waals surface area contributed by atoms with Crippen molar-refractivity contribution in [1.29, 1.82) is 0 Å². The van der Waals surface area contributed by atoms with Crippen LogP contribution in [0.4, 0.5) is 5.69 Å². The summed E-state index contributed by atoms with van der Waals surface area (Å²) in [5.74, 6) is 0. The van der Waals surface area contributed by atoms with Gasteiger partial charge in [0.15, 0.2) is 5.72 Å². The summed E-state index contributed by atoms with van der Waals surface area (Å²) in [4.78, 5) is 0. The monoisotopic (exact) mass is 274 g/mol. The second kappa shape index (κ2) is 4.85. The molecule has 2 aromatic rings. The van der Waals surface area contributed by atoms with Gasteiger partial charge in [0.05, 0.1) is 6.61 Å². The molecule has 2 aromatic carbocycles. The molecule has 0 radical (unpaired) electrons. The summed E-state index contributed by atoms with van der Waals surface area (Å²) in [6, 6.07) is 15.5. The van der Waals surface area contributed by atoms with E-state index in [0.29, 0.717) is 17.3 Å². The van der Waals surface area contributed by atoms with Crippen molar-refractivity contribution in [3.63, 3.8) is 0 Å². The maximum Gasteiger partial charge on any atom is 0.173 e. The van der Waals surface area contributed by atoms with Crippen molar-refractivity contribution in [2.45, 2.75) is 5.72 Å². The molecule has 3 N–H and O–H groups in total. The zero-order valence-electron chi connectivity index (χ0n) is 10.4. The first kappa shape index (κ1) is 12.5. The summed E-state index contributed by atoms with van der Waals surface area (Å²) in [6.07, 6.45) is 0. The Balaban J connectivity index is 2.19. The van der Waals surface area contributed by atoms with E-state index in [4.69, 9.17) is 22.1 Å². The molecule has 1 aliphatic rings. The van der Waals surface area contributed by atoms with E-state index < -0.39 is 5.72 Å². The molecule has 0 aromatic heterocycles. The molecule has 1 fully saturated rings. The van der Waals surface area contributed by atoms with Gasteiger partial charge in [-0.1, -0.05) is 41.9 Å². The van der Waals surface area contributed by atoms with E-state index in [1.54, 1.807) is 6.07 Å². The third-order valence-electron chi connectivity index (χ3n) is 3.37. The molecular formula is C15H15ClN2O. The lowest BCUT2D eigenvalue weighted by Crippen LogP contribution is -2.40. The number of nitrogens with two attached hydrogens (primary N) is 1. The molecule has 3 rings (SSSR count). The van der Waals surface area contributed by atoms with Crippen LogP contribution in [0.3, 0.4) is 0 Å². The van der Waals surface area contributed by atoms with Crippen LogP contribution in [0, 0.1) is 0 Å². The van der Waals surface area contributed by atoms with Crippen molar-refractivity contribution in [3.05, 3.63) is 64.7 Å². The maximum atomic E-state index is 6.11. The van der Waals surface area contributed by atoms with E-state index in [2.05, 4.69) is 5.32 Å². The molecule has 1 heterocycles. The molecule has 1 atom stereocenters. The fraction of sp³-hybridized carbons (Fsp3) is 0.200. The minimum absolute atomic E-state index is 0.640. The standard InChI is InChI=1S/C15H15ClN2O/c16-12-6-7-14(17)13(10-12)15(18-8-9-19-15)11-4-2-1-3-5-11/h1-7,10,18H,8-9,17H2. The summed E-state index contributed by atoms with van der Waals surface area (Å²) < 4.78 is 6.00. The van der Waals surface area contributed by atoms with Crippen LogP contribution in [0.15, 0.2) is 48.5 Å². The fourth-order valence-corrected chi connectivity index (χ4v) is 2.67. The Morgan fingerprint density at radius 2 is 1.95 bits per heavy atom. The van der Waals surface area contributed by atoms with Crippen LogP contribution in [0.25, 0.3) is 0 Å². The average molecular weight is 275 g/mol. The van der Waals surface area contributed by atoms with Gasteiger partial charge in [0, 0.05) is 28.4 Å². The maximum absolute atomic E-state index is 6.11. The lowest BCUT2D eigenvalue weighted by atomic mass is 9.93. The Morgan fingerprint density at radius 1 is 1.16 bits per heavy atom. The Kier molecular flexibility index (Phi) is 3.19. The molecule has 0 saturated carbocycles. The van der Waals surface area contributed by atoms with Crippen molar-refractivity contribution >= 4 is 17.3 Å². The molecule has 0 spiro atoms. The Hall–Kier alpha value is -1.55. The first-order chi connectivity index (χ1) is 9.22. The topological polar surface area (TPSA) is 47.3 Å². The average Bonchev–Trinajstić information content (AvgIpc) is 2.93. The van der Waals surface area contributed by atoms with Crippen LogP contribution >= 0.6 is 11.6 Å². The third kappa shape index (κ3) is 2.10. The van der Waals surface area contributed by atoms with E-state index in [0.717, 1.165) is 17.7 Å². The van der Waals surface area contributed by atoms with Gasteiger partial charge in [-0.2, -0.15) is 0 Å². The van der Waals surface area contributed by atoms with Crippen LogP contribution < -0.4 is 11.1 Å². The van der Waals surface area contributed by atoms with E-state index in [9.17, 15) is 0 Å². The smallest absolute Gasteiger partial charge is 0.173 e. The van der Waals surface area contributed by atoms with Gasteiger partial charge in [-0.15, -0.1) is 0 Å². The van der Waals surface area contributed by atoms with Gasteiger partial charge in [0.25, 0.3) is 0 Å². The third-order valence-corrected chi connectivity index (χ3v) is 3.60. The molecule has 1 saturated heterocycles. The molecular weight excluding hydrogens is 260 g/mol. The lowest BCUT2D eigenvalue weighted by Gasteiger charge is -2.31. The molecule has 19 heavy (non-hydrogen) atoms. The zero-order chi connectivity index (χ0) is 13.3. The highest BCUT2D eigenvalue weighted by Crippen LogP contribution is 2.37. The molecule has 1 unspecified atom stereocenters. The summed E-state index contributed by atoms with van der Waals surface area (Å²) in [5.41, 5.74) is 7.98.